The molecule has 0 spiro atoms. The van der Waals surface area contributed by atoms with Gasteiger partial charge < -0.3 is 9.47 Å². The van der Waals surface area contributed by atoms with Crippen LogP contribution in [0.4, 0.5) is 0 Å². The molecule has 4 heteroatoms. The van der Waals surface area contributed by atoms with E-state index in [1.165, 1.54) is 0 Å². The second-order valence-corrected chi connectivity index (χ2v) is 3.98. The number of aromatic nitrogens is 1. The number of nitrogens with zero attached hydrogens (tertiary/aromatic N) is 1. The summed E-state index contributed by atoms with van der Waals surface area (Å²) < 4.78 is 10.7. The number of benzene rings is 1. The van der Waals surface area contributed by atoms with Gasteiger partial charge in [-0.1, -0.05) is 6.07 Å². The topological polar surface area (TPSA) is 48.4 Å². The second-order valence-electron chi connectivity index (χ2n) is 3.98. The number of hydrogen-bond donors (Lipinski definition) is 0. The van der Waals surface area contributed by atoms with Crippen LogP contribution >= 0.6 is 0 Å². The molecule has 0 N–H and O–H groups in total. The van der Waals surface area contributed by atoms with Crippen molar-refractivity contribution in [3.63, 3.8) is 0 Å². The minimum Gasteiger partial charge on any atom is -0.497 e. The van der Waals surface area contributed by atoms with E-state index in [1.807, 2.05) is 12.1 Å². The summed E-state index contributed by atoms with van der Waals surface area (Å²) in [4.78, 5) is 15.0. The lowest BCUT2D eigenvalue weighted by atomic mass is 10.2. The van der Waals surface area contributed by atoms with E-state index in [4.69, 9.17) is 9.47 Å². The van der Waals surface area contributed by atoms with Crippen LogP contribution in [0.15, 0.2) is 42.7 Å². The Morgan fingerprint density at radius 2 is 2.21 bits per heavy atom. The van der Waals surface area contributed by atoms with E-state index >= 15 is 0 Å². The van der Waals surface area contributed by atoms with E-state index in [0.717, 1.165) is 18.3 Å². The molecule has 0 amide bonds. The van der Waals surface area contributed by atoms with Crippen molar-refractivity contribution >= 4 is 6.29 Å². The largest absolute Gasteiger partial charge is 0.497 e. The summed E-state index contributed by atoms with van der Waals surface area (Å²) in [5, 5.41) is 0. The zero-order valence-electron chi connectivity index (χ0n) is 10.7. The molecule has 0 radical (unpaired) electrons. The smallest absolute Gasteiger partial charge is 0.153 e. The normalized spacial score (nSPS) is 9.95. The van der Waals surface area contributed by atoms with Crippen molar-refractivity contribution in [2.75, 3.05) is 13.7 Å². The molecule has 0 aliphatic heterocycles. The van der Waals surface area contributed by atoms with E-state index < -0.39 is 0 Å². The van der Waals surface area contributed by atoms with Crippen molar-refractivity contribution in [1.82, 2.24) is 4.98 Å². The molecule has 19 heavy (non-hydrogen) atoms. The standard InChI is InChI=1S/C15H15NO3/c1-18-14-5-4-13(11-17)15(9-14)19-8-6-12-3-2-7-16-10-12/h2-5,7,9-11H,6,8H2,1H3. The molecular weight excluding hydrogens is 242 g/mol. The van der Waals surface area contributed by atoms with Crippen molar-refractivity contribution in [3.05, 3.63) is 53.9 Å². The number of rotatable bonds is 6. The minimum absolute atomic E-state index is 0.486. The van der Waals surface area contributed by atoms with Gasteiger partial charge in [0.25, 0.3) is 0 Å². The number of hydrogen-bond acceptors (Lipinski definition) is 4. The molecule has 0 unspecified atom stereocenters. The number of carbonyl (C=O) groups excluding carboxylic acids is 1. The predicted molar refractivity (Wildman–Crippen MR) is 71.8 cm³/mol. The highest BCUT2D eigenvalue weighted by Crippen LogP contribution is 2.23. The number of carbonyl (C=O) groups is 1. The van der Waals surface area contributed by atoms with E-state index in [-0.39, 0.29) is 0 Å². The Balaban J connectivity index is 2.00. The first-order valence-electron chi connectivity index (χ1n) is 5.98. The number of pyridine rings is 1. The molecule has 0 atom stereocenters. The molecular formula is C15H15NO3. The van der Waals surface area contributed by atoms with Crippen molar-refractivity contribution in [2.45, 2.75) is 6.42 Å². The molecule has 2 aromatic rings. The van der Waals surface area contributed by atoms with Gasteiger partial charge in [-0.15, -0.1) is 0 Å². The summed E-state index contributed by atoms with van der Waals surface area (Å²) in [5.41, 5.74) is 1.62. The molecule has 0 aliphatic carbocycles. The highest BCUT2D eigenvalue weighted by atomic mass is 16.5. The van der Waals surface area contributed by atoms with Gasteiger partial charge in [-0.3, -0.25) is 9.78 Å². The van der Waals surface area contributed by atoms with Gasteiger partial charge in [-0.05, 0) is 23.8 Å². The lowest BCUT2D eigenvalue weighted by Gasteiger charge is -2.10. The van der Waals surface area contributed by atoms with Crippen LogP contribution in [0.2, 0.25) is 0 Å². The molecule has 0 saturated heterocycles. The predicted octanol–water partition coefficient (Wildman–Crippen LogP) is 2.52. The molecule has 0 aliphatic rings. The average Bonchev–Trinajstić information content (AvgIpc) is 2.48. The van der Waals surface area contributed by atoms with Crippen molar-refractivity contribution in [1.29, 1.82) is 0 Å². The summed E-state index contributed by atoms with van der Waals surface area (Å²) >= 11 is 0. The fourth-order valence-corrected chi connectivity index (χ4v) is 1.69. The lowest BCUT2D eigenvalue weighted by Crippen LogP contribution is -2.03. The summed E-state index contributed by atoms with van der Waals surface area (Å²) in [5.74, 6) is 1.21. The Kier molecular flexibility index (Phi) is 4.50. The third kappa shape index (κ3) is 3.55. The second kappa shape index (κ2) is 6.54. The molecule has 0 bridgehead atoms. The maximum absolute atomic E-state index is 10.9. The first-order chi connectivity index (χ1) is 9.33. The van der Waals surface area contributed by atoms with Crippen LogP contribution in [0.25, 0.3) is 0 Å². The van der Waals surface area contributed by atoms with Gasteiger partial charge in [-0.25, -0.2) is 0 Å². The van der Waals surface area contributed by atoms with Gasteiger partial charge in [0.15, 0.2) is 6.29 Å². The Bertz CT molecular complexity index is 540. The van der Waals surface area contributed by atoms with Crippen molar-refractivity contribution < 1.29 is 14.3 Å². The Morgan fingerprint density at radius 1 is 1.32 bits per heavy atom. The third-order valence-electron chi connectivity index (χ3n) is 2.72. The number of aldehydes is 1. The Morgan fingerprint density at radius 3 is 2.89 bits per heavy atom. The van der Waals surface area contributed by atoms with Crippen molar-refractivity contribution in [2.24, 2.45) is 0 Å². The van der Waals surface area contributed by atoms with E-state index in [0.29, 0.717) is 23.7 Å². The zero-order valence-corrected chi connectivity index (χ0v) is 10.7. The van der Waals surface area contributed by atoms with Crippen LogP contribution in [-0.2, 0) is 6.42 Å². The molecule has 98 valence electrons. The highest BCUT2D eigenvalue weighted by molar-refractivity contribution is 5.79. The maximum atomic E-state index is 10.9. The quantitative estimate of drug-likeness (QED) is 0.746. The van der Waals surface area contributed by atoms with Gasteiger partial charge in [0.1, 0.15) is 11.5 Å². The minimum atomic E-state index is 0.486. The molecule has 0 saturated carbocycles. The first kappa shape index (κ1) is 13.1. The Labute approximate surface area is 112 Å². The summed E-state index contributed by atoms with van der Waals surface area (Å²) in [6.07, 6.45) is 5.05. The van der Waals surface area contributed by atoms with Gasteiger partial charge in [0.2, 0.25) is 0 Å². The summed E-state index contributed by atoms with van der Waals surface area (Å²) in [7, 11) is 1.58. The van der Waals surface area contributed by atoms with E-state index in [1.54, 1.807) is 37.7 Å². The van der Waals surface area contributed by atoms with Crippen LogP contribution < -0.4 is 9.47 Å². The fourth-order valence-electron chi connectivity index (χ4n) is 1.69. The van der Waals surface area contributed by atoms with Gasteiger partial charge in [-0.2, -0.15) is 0 Å². The maximum Gasteiger partial charge on any atom is 0.153 e. The molecule has 1 aromatic heterocycles. The lowest BCUT2D eigenvalue weighted by molar-refractivity contribution is 0.111. The Hall–Kier alpha value is -2.36. The molecule has 1 heterocycles. The van der Waals surface area contributed by atoms with Gasteiger partial charge in [0.05, 0.1) is 19.3 Å². The van der Waals surface area contributed by atoms with Crippen LogP contribution in [0, 0.1) is 0 Å². The van der Waals surface area contributed by atoms with Crippen LogP contribution in [0.3, 0.4) is 0 Å². The van der Waals surface area contributed by atoms with E-state index in [9.17, 15) is 4.79 Å². The van der Waals surface area contributed by atoms with Crippen LogP contribution in [0.5, 0.6) is 11.5 Å². The molecule has 0 fully saturated rings. The third-order valence-corrected chi connectivity index (χ3v) is 2.72. The van der Waals surface area contributed by atoms with Crippen LogP contribution in [0.1, 0.15) is 15.9 Å². The summed E-state index contributed by atoms with van der Waals surface area (Å²) in [6, 6.07) is 9.01. The SMILES string of the molecule is COc1ccc(C=O)c(OCCc2cccnc2)c1. The van der Waals surface area contributed by atoms with Crippen LogP contribution in [-0.4, -0.2) is 25.0 Å². The monoisotopic (exact) mass is 257 g/mol. The zero-order chi connectivity index (χ0) is 13.5. The molecule has 2 rings (SSSR count). The first-order valence-corrected chi connectivity index (χ1v) is 5.98. The van der Waals surface area contributed by atoms with Gasteiger partial charge >= 0.3 is 0 Å². The highest BCUT2D eigenvalue weighted by Gasteiger charge is 2.05. The molecule has 1 aromatic carbocycles. The van der Waals surface area contributed by atoms with Gasteiger partial charge in [0, 0.05) is 24.9 Å². The average molecular weight is 257 g/mol. The molecule has 4 nitrogen and oxygen atoms in total. The van der Waals surface area contributed by atoms with Crippen molar-refractivity contribution in [3.8, 4) is 11.5 Å². The summed E-state index contributed by atoms with van der Waals surface area (Å²) in [6.45, 7) is 0.486. The number of ether oxygens (including phenoxy) is 2. The van der Waals surface area contributed by atoms with E-state index in [2.05, 4.69) is 4.98 Å². The fraction of sp³-hybridized carbons (Fsp3) is 0.200. The number of methoxy groups -OCH3 is 1.